The molecular weight excluding hydrogens is 360 g/mol. The van der Waals surface area contributed by atoms with Gasteiger partial charge in [0.15, 0.2) is 0 Å². The number of nitrogens with one attached hydrogen (secondary N) is 1. The van der Waals surface area contributed by atoms with Gasteiger partial charge in [-0.3, -0.25) is 9.88 Å². The number of rotatable bonds is 7. The fourth-order valence-electron chi connectivity index (χ4n) is 3.75. The molecule has 2 aromatic carbocycles. The Balaban J connectivity index is 1.33. The molecule has 0 aliphatic carbocycles. The highest BCUT2D eigenvalue weighted by atomic mass is 16.5. The Morgan fingerprint density at radius 3 is 2.48 bits per heavy atom. The second-order valence-corrected chi connectivity index (χ2v) is 7.43. The Kier molecular flexibility index (Phi) is 6.37. The number of piperidine rings is 1. The number of hydrogen-bond donors (Lipinski definition) is 1. The second kappa shape index (κ2) is 9.52. The standard InChI is InChI=1S/C24H28N4O/c1-2-29-22-10-8-20(9-11-22)23-16-25-17-24(27-23)26-21-12-14-28(15-13-21)18-19-6-4-3-5-7-19/h3-11,16-17,21H,2,12-15,18H2,1H3,(H,26,27). The minimum atomic E-state index is 0.437. The van der Waals surface area contributed by atoms with Gasteiger partial charge in [0, 0.05) is 31.2 Å². The van der Waals surface area contributed by atoms with Crippen LogP contribution in [0.3, 0.4) is 0 Å². The minimum Gasteiger partial charge on any atom is -0.494 e. The van der Waals surface area contributed by atoms with Gasteiger partial charge >= 0.3 is 0 Å². The molecule has 150 valence electrons. The Hall–Kier alpha value is -2.92. The molecule has 0 atom stereocenters. The summed E-state index contributed by atoms with van der Waals surface area (Å²) in [4.78, 5) is 11.7. The van der Waals surface area contributed by atoms with Crippen molar-refractivity contribution in [1.29, 1.82) is 0 Å². The lowest BCUT2D eigenvalue weighted by Gasteiger charge is -2.32. The quantitative estimate of drug-likeness (QED) is 0.640. The summed E-state index contributed by atoms with van der Waals surface area (Å²) in [5, 5.41) is 3.58. The molecule has 1 aliphatic heterocycles. The molecule has 0 amide bonds. The Labute approximate surface area is 172 Å². The zero-order chi connectivity index (χ0) is 19.9. The highest BCUT2D eigenvalue weighted by molar-refractivity contribution is 5.60. The van der Waals surface area contributed by atoms with Crippen molar-refractivity contribution in [2.24, 2.45) is 0 Å². The van der Waals surface area contributed by atoms with E-state index in [1.54, 1.807) is 0 Å². The van der Waals surface area contributed by atoms with E-state index in [1.807, 2.05) is 43.6 Å². The van der Waals surface area contributed by atoms with Crippen molar-refractivity contribution in [3.63, 3.8) is 0 Å². The molecule has 3 aromatic rings. The van der Waals surface area contributed by atoms with E-state index in [-0.39, 0.29) is 0 Å². The maximum Gasteiger partial charge on any atom is 0.145 e. The van der Waals surface area contributed by atoms with E-state index in [2.05, 4.69) is 45.5 Å². The summed E-state index contributed by atoms with van der Waals surface area (Å²) in [5.74, 6) is 1.72. The highest BCUT2D eigenvalue weighted by Gasteiger charge is 2.19. The molecule has 5 heteroatoms. The van der Waals surface area contributed by atoms with Gasteiger partial charge in [-0.15, -0.1) is 0 Å². The van der Waals surface area contributed by atoms with Crippen LogP contribution >= 0.6 is 0 Å². The molecule has 1 saturated heterocycles. The van der Waals surface area contributed by atoms with E-state index >= 15 is 0 Å². The van der Waals surface area contributed by atoms with Crippen LogP contribution in [0.4, 0.5) is 5.82 Å². The monoisotopic (exact) mass is 388 g/mol. The first-order valence-corrected chi connectivity index (χ1v) is 10.4. The largest absolute Gasteiger partial charge is 0.494 e. The van der Waals surface area contributed by atoms with Crippen LogP contribution in [0.1, 0.15) is 25.3 Å². The SMILES string of the molecule is CCOc1ccc(-c2cncc(NC3CCN(Cc4ccccc4)CC3)n2)cc1. The molecule has 1 fully saturated rings. The number of ether oxygens (including phenoxy) is 1. The lowest BCUT2D eigenvalue weighted by Crippen LogP contribution is -2.38. The van der Waals surface area contributed by atoms with Gasteiger partial charge in [-0.25, -0.2) is 4.98 Å². The predicted molar refractivity (Wildman–Crippen MR) is 117 cm³/mol. The molecule has 0 saturated carbocycles. The topological polar surface area (TPSA) is 50.3 Å². The average molecular weight is 389 g/mol. The summed E-state index contributed by atoms with van der Waals surface area (Å²) in [6, 6.07) is 19.1. The number of benzene rings is 2. The lowest BCUT2D eigenvalue weighted by atomic mass is 10.0. The van der Waals surface area contributed by atoms with Gasteiger partial charge in [0.2, 0.25) is 0 Å². The predicted octanol–water partition coefficient (Wildman–Crippen LogP) is 4.62. The van der Waals surface area contributed by atoms with Gasteiger partial charge in [-0.1, -0.05) is 30.3 Å². The Morgan fingerprint density at radius 1 is 1.00 bits per heavy atom. The molecule has 1 N–H and O–H groups in total. The summed E-state index contributed by atoms with van der Waals surface area (Å²) in [6.07, 6.45) is 5.85. The van der Waals surface area contributed by atoms with Crippen molar-refractivity contribution in [2.75, 3.05) is 25.0 Å². The second-order valence-electron chi connectivity index (χ2n) is 7.43. The van der Waals surface area contributed by atoms with Crippen molar-refractivity contribution < 1.29 is 4.74 Å². The molecule has 0 bridgehead atoms. The summed E-state index contributed by atoms with van der Waals surface area (Å²) < 4.78 is 5.51. The van der Waals surface area contributed by atoms with Crippen molar-refractivity contribution in [1.82, 2.24) is 14.9 Å². The van der Waals surface area contributed by atoms with Gasteiger partial charge in [0.1, 0.15) is 11.6 Å². The molecule has 0 spiro atoms. The highest BCUT2D eigenvalue weighted by Crippen LogP contribution is 2.22. The molecule has 0 radical (unpaired) electrons. The summed E-state index contributed by atoms with van der Waals surface area (Å²) >= 11 is 0. The first-order valence-electron chi connectivity index (χ1n) is 10.4. The minimum absolute atomic E-state index is 0.437. The van der Waals surface area contributed by atoms with E-state index in [0.717, 1.165) is 55.3 Å². The Morgan fingerprint density at radius 2 is 1.76 bits per heavy atom. The van der Waals surface area contributed by atoms with Crippen LogP contribution in [-0.4, -0.2) is 40.6 Å². The number of likely N-dealkylation sites (tertiary alicyclic amines) is 1. The maximum atomic E-state index is 5.51. The van der Waals surface area contributed by atoms with Gasteiger partial charge in [-0.2, -0.15) is 0 Å². The van der Waals surface area contributed by atoms with Gasteiger partial charge in [0.25, 0.3) is 0 Å². The number of hydrogen-bond acceptors (Lipinski definition) is 5. The van der Waals surface area contributed by atoms with E-state index < -0.39 is 0 Å². The van der Waals surface area contributed by atoms with Gasteiger partial charge in [-0.05, 0) is 49.6 Å². The average Bonchev–Trinajstić information content (AvgIpc) is 2.77. The normalized spacial score (nSPS) is 15.2. The fourth-order valence-corrected chi connectivity index (χ4v) is 3.75. The lowest BCUT2D eigenvalue weighted by molar-refractivity contribution is 0.211. The number of nitrogens with zero attached hydrogens (tertiary/aromatic N) is 3. The third kappa shape index (κ3) is 5.33. The molecule has 5 nitrogen and oxygen atoms in total. The van der Waals surface area contributed by atoms with E-state index in [9.17, 15) is 0 Å². The van der Waals surface area contributed by atoms with Crippen molar-refractivity contribution >= 4 is 5.82 Å². The van der Waals surface area contributed by atoms with Crippen LogP contribution in [-0.2, 0) is 6.54 Å². The van der Waals surface area contributed by atoms with Crippen LogP contribution in [0.5, 0.6) is 5.75 Å². The van der Waals surface area contributed by atoms with Crippen molar-refractivity contribution in [3.8, 4) is 17.0 Å². The first kappa shape index (κ1) is 19.4. The van der Waals surface area contributed by atoms with Crippen LogP contribution in [0.15, 0.2) is 67.0 Å². The zero-order valence-corrected chi connectivity index (χ0v) is 16.9. The summed E-state index contributed by atoms with van der Waals surface area (Å²) in [6.45, 7) is 5.88. The molecule has 1 aromatic heterocycles. The van der Waals surface area contributed by atoms with Crippen LogP contribution < -0.4 is 10.1 Å². The van der Waals surface area contributed by atoms with Crippen LogP contribution in [0.2, 0.25) is 0 Å². The van der Waals surface area contributed by atoms with Gasteiger partial charge < -0.3 is 10.1 Å². The molecule has 2 heterocycles. The third-order valence-corrected chi connectivity index (χ3v) is 5.28. The van der Waals surface area contributed by atoms with E-state index in [1.165, 1.54) is 5.56 Å². The molecule has 29 heavy (non-hydrogen) atoms. The zero-order valence-electron chi connectivity index (χ0n) is 16.9. The third-order valence-electron chi connectivity index (χ3n) is 5.28. The number of anilines is 1. The molecule has 0 unspecified atom stereocenters. The van der Waals surface area contributed by atoms with Crippen LogP contribution in [0, 0.1) is 0 Å². The summed E-state index contributed by atoms with van der Waals surface area (Å²) in [5.41, 5.74) is 3.30. The first-order chi connectivity index (χ1) is 14.3. The van der Waals surface area contributed by atoms with Crippen LogP contribution in [0.25, 0.3) is 11.3 Å². The molecule has 4 rings (SSSR count). The molecular formula is C24H28N4O. The summed E-state index contributed by atoms with van der Waals surface area (Å²) in [7, 11) is 0. The van der Waals surface area contributed by atoms with E-state index in [0.29, 0.717) is 12.6 Å². The number of aromatic nitrogens is 2. The van der Waals surface area contributed by atoms with Crippen molar-refractivity contribution in [3.05, 3.63) is 72.6 Å². The Bertz CT molecular complexity index is 890. The fraction of sp³-hybridized carbons (Fsp3) is 0.333. The van der Waals surface area contributed by atoms with Gasteiger partial charge in [0.05, 0.1) is 24.7 Å². The maximum absolute atomic E-state index is 5.51. The molecule has 1 aliphatic rings. The van der Waals surface area contributed by atoms with E-state index in [4.69, 9.17) is 9.72 Å². The smallest absolute Gasteiger partial charge is 0.145 e. The van der Waals surface area contributed by atoms with Crippen molar-refractivity contribution in [2.45, 2.75) is 32.4 Å².